The van der Waals surface area contributed by atoms with E-state index in [1.807, 2.05) is 34.6 Å². The number of hydrogen-bond acceptors (Lipinski definition) is 4. The molecule has 1 aromatic heterocycles. The zero-order valence-corrected chi connectivity index (χ0v) is 10.5. The van der Waals surface area contributed by atoms with Gasteiger partial charge in [-0.2, -0.15) is 0 Å². The molecule has 0 bridgehead atoms. The van der Waals surface area contributed by atoms with Gasteiger partial charge in [0.25, 0.3) is 0 Å². The van der Waals surface area contributed by atoms with E-state index < -0.39 is 0 Å². The summed E-state index contributed by atoms with van der Waals surface area (Å²) in [6, 6.07) is 0. The monoisotopic (exact) mass is 211 g/mol. The van der Waals surface area contributed by atoms with Crippen LogP contribution in [0.5, 0.6) is 0 Å². The summed E-state index contributed by atoms with van der Waals surface area (Å²) in [6.45, 7) is 9.84. The van der Waals surface area contributed by atoms with E-state index >= 15 is 0 Å². The van der Waals surface area contributed by atoms with Gasteiger partial charge in [0.1, 0.15) is 5.69 Å². The summed E-state index contributed by atoms with van der Waals surface area (Å²) >= 11 is 0. The second-order valence-corrected chi connectivity index (χ2v) is 2.08. The van der Waals surface area contributed by atoms with Crippen molar-refractivity contribution in [3.63, 3.8) is 0 Å². The Labute approximate surface area is 92.2 Å². The first-order chi connectivity index (χ1) is 7.24. The van der Waals surface area contributed by atoms with Crippen molar-refractivity contribution in [1.29, 1.82) is 5.41 Å². The lowest BCUT2D eigenvalue weighted by molar-refractivity contribution is 0.399. The minimum Gasteiger partial charge on any atom is -0.480 e. The Bertz CT molecular complexity index is 257. The van der Waals surface area contributed by atoms with Crippen LogP contribution in [0.3, 0.4) is 0 Å². The molecular formula is C11H21N3O. The molecule has 86 valence electrons. The lowest BCUT2D eigenvalue weighted by atomic mass is 10.4. The number of hydrogen-bond donors (Lipinski definition) is 1. The molecule has 0 amide bonds. The van der Waals surface area contributed by atoms with Gasteiger partial charge in [0.05, 0.1) is 19.0 Å². The Morgan fingerprint density at radius 2 is 1.67 bits per heavy atom. The molecule has 0 aliphatic heterocycles. The van der Waals surface area contributed by atoms with Crippen LogP contribution in [0.15, 0.2) is 12.4 Å². The van der Waals surface area contributed by atoms with E-state index in [9.17, 15) is 0 Å². The highest BCUT2D eigenvalue weighted by atomic mass is 16.5. The van der Waals surface area contributed by atoms with Crippen LogP contribution < -0.4 is 0 Å². The Balaban J connectivity index is 0. The standard InChI is InChI=1S/C7H9N3O.2C2H6/c1-5-3-10-6(4-9-5)7(8)11-2;2*1-2/h3-4,8H,1-2H3;2*1-2H3. The lowest BCUT2D eigenvalue weighted by Gasteiger charge is -1.99. The van der Waals surface area contributed by atoms with Crippen LogP contribution in [0.25, 0.3) is 0 Å². The van der Waals surface area contributed by atoms with Crippen molar-refractivity contribution in [2.75, 3.05) is 7.11 Å². The largest absolute Gasteiger partial charge is 0.480 e. The van der Waals surface area contributed by atoms with Gasteiger partial charge in [-0.1, -0.05) is 27.7 Å². The fraction of sp³-hybridized carbons (Fsp3) is 0.545. The molecule has 0 aliphatic carbocycles. The molecule has 1 N–H and O–H groups in total. The molecule has 0 aromatic carbocycles. The Kier molecular flexibility index (Phi) is 11.3. The SMILES string of the molecule is CC.CC.COC(=N)c1cnc(C)cn1. The van der Waals surface area contributed by atoms with Crippen LogP contribution in [0, 0.1) is 12.3 Å². The fourth-order valence-electron chi connectivity index (χ4n) is 0.614. The maximum Gasteiger partial charge on any atom is 0.233 e. The number of nitrogens with one attached hydrogen (secondary N) is 1. The molecule has 1 aromatic rings. The van der Waals surface area contributed by atoms with E-state index in [1.165, 1.54) is 13.3 Å². The molecule has 1 rings (SSSR count). The molecule has 4 nitrogen and oxygen atoms in total. The molecule has 0 saturated carbocycles. The van der Waals surface area contributed by atoms with Crippen LogP contribution in [-0.2, 0) is 4.74 Å². The molecule has 0 unspecified atom stereocenters. The summed E-state index contributed by atoms with van der Waals surface area (Å²) in [5.41, 5.74) is 1.29. The van der Waals surface area contributed by atoms with Gasteiger partial charge in [0, 0.05) is 6.20 Å². The fourth-order valence-corrected chi connectivity index (χ4v) is 0.614. The van der Waals surface area contributed by atoms with E-state index in [4.69, 9.17) is 5.41 Å². The van der Waals surface area contributed by atoms with Gasteiger partial charge in [0.2, 0.25) is 5.90 Å². The third-order valence-electron chi connectivity index (χ3n) is 1.22. The van der Waals surface area contributed by atoms with Crippen LogP contribution in [0.2, 0.25) is 0 Å². The first-order valence-electron chi connectivity index (χ1n) is 5.15. The van der Waals surface area contributed by atoms with Crippen molar-refractivity contribution in [2.24, 2.45) is 0 Å². The normalized spacial score (nSPS) is 7.60. The van der Waals surface area contributed by atoms with E-state index in [0.29, 0.717) is 5.69 Å². The van der Waals surface area contributed by atoms with E-state index in [-0.39, 0.29) is 5.90 Å². The van der Waals surface area contributed by atoms with E-state index in [1.54, 1.807) is 6.20 Å². The van der Waals surface area contributed by atoms with Crippen molar-refractivity contribution in [3.8, 4) is 0 Å². The molecular weight excluding hydrogens is 190 g/mol. The molecule has 0 saturated heterocycles. The highest BCUT2D eigenvalue weighted by Gasteiger charge is 2.00. The molecule has 0 spiro atoms. The zero-order valence-electron chi connectivity index (χ0n) is 10.5. The number of aryl methyl sites for hydroxylation is 1. The Morgan fingerprint density at radius 1 is 1.13 bits per heavy atom. The first kappa shape index (κ1) is 16.0. The van der Waals surface area contributed by atoms with Crippen molar-refractivity contribution in [1.82, 2.24) is 9.97 Å². The highest BCUT2D eigenvalue weighted by Crippen LogP contribution is 1.94. The quantitative estimate of drug-likeness (QED) is 0.574. The van der Waals surface area contributed by atoms with Gasteiger partial charge in [-0.25, -0.2) is 4.98 Å². The van der Waals surface area contributed by atoms with Crippen LogP contribution in [-0.4, -0.2) is 23.0 Å². The molecule has 0 atom stereocenters. The number of aromatic nitrogens is 2. The maximum absolute atomic E-state index is 7.22. The first-order valence-corrected chi connectivity index (χ1v) is 5.15. The summed E-state index contributed by atoms with van der Waals surface area (Å²) in [5, 5.41) is 7.22. The van der Waals surface area contributed by atoms with Crippen molar-refractivity contribution in [3.05, 3.63) is 23.8 Å². The summed E-state index contributed by atoms with van der Waals surface area (Å²) in [6.07, 6.45) is 3.12. The third kappa shape index (κ3) is 6.60. The van der Waals surface area contributed by atoms with Gasteiger partial charge in [-0.15, -0.1) is 0 Å². The third-order valence-corrected chi connectivity index (χ3v) is 1.22. The summed E-state index contributed by atoms with van der Waals surface area (Å²) in [7, 11) is 1.43. The number of ether oxygens (including phenoxy) is 1. The second kappa shape index (κ2) is 10.6. The van der Waals surface area contributed by atoms with Gasteiger partial charge in [-0.3, -0.25) is 10.4 Å². The molecule has 15 heavy (non-hydrogen) atoms. The minimum atomic E-state index is 0.0394. The van der Waals surface area contributed by atoms with Crippen molar-refractivity contribution in [2.45, 2.75) is 34.6 Å². The molecule has 1 heterocycles. The van der Waals surface area contributed by atoms with Gasteiger partial charge < -0.3 is 4.74 Å². The average molecular weight is 211 g/mol. The van der Waals surface area contributed by atoms with Gasteiger partial charge in [0.15, 0.2) is 0 Å². The predicted octanol–water partition coefficient (Wildman–Crippen LogP) is 2.81. The predicted molar refractivity (Wildman–Crippen MR) is 63.3 cm³/mol. The van der Waals surface area contributed by atoms with Gasteiger partial charge in [-0.05, 0) is 6.92 Å². The molecule has 4 heteroatoms. The average Bonchev–Trinajstić information content (AvgIpc) is 2.34. The summed E-state index contributed by atoms with van der Waals surface area (Å²) in [5.74, 6) is 0.0394. The molecule has 0 radical (unpaired) electrons. The van der Waals surface area contributed by atoms with Crippen molar-refractivity contribution < 1.29 is 4.74 Å². The minimum absolute atomic E-state index is 0.0394. The highest BCUT2D eigenvalue weighted by molar-refractivity contribution is 5.88. The van der Waals surface area contributed by atoms with Crippen LogP contribution >= 0.6 is 0 Å². The Morgan fingerprint density at radius 3 is 2.00 bits per heavy atom. The lowest BCUT2D eigenvalue weighted by Crippen LogP contribution is -2.04. The topological polar surface area (TPSA) is 58.9 Å². The summed E-state index contributed by atoms with van der Waals surface area (Å²) < 4.78 is 4.66. The number of nitrogens with zero attached hydrogens (tertiary/aromatic N) is 2. The zero-order chi connectivity index (χ0) is 12.3. The van der Waals surface area contributed by atoms with Crippen LogP contribution in [0.1, 0.15) is 39.1 Å². The van der Waals surface area contributed by atoms with E-state index in [2.05, 4.69) is 14.7 Å². The summed E-state index contributed by atoms with van der Waals surface area (Å²) in [4.78, 5) is 7.90. The molecule has 0 fully saturated rings. The Hall–Kier alpha value is -1.45. The second-order valence-electron chi connectivity index (χ2n) is 2.08. The number of rotatable bonds is 1. The van der Waals surface area contributed by atoms with Crippen LogP contribution in [0.4, 0.5) is 0 Å². The van der Waals surface area contributed by atoms with Gasteiger partial charge >= 0.3 is 0 Å². The maximum atomic E-state index is 7.22. The van der Waals surface area contributed by atoms with Crippen molar-refractivity contribution >= 4 is 5.90 Å². The molecule has 0 aliphatic rings. The van der Waals surface area contributed by atoms with E-state index in [0.717, 1.165) is 5.69 Å². The number of methoxy groups -OCH3 is 1. The smallest absolute Gasteiger partial charge is 0.233 e.